The van der Waals surface area contributed by atoms with Crippen molar-refractivity contribution < 1.29 is 18.3 Å². The van der Waals surface area contributed by atoms with Crippen LogP contribution in [0.25, 0.3) is 0 Å². The molecule has 0 unspecified atom stereocenters. The Morgan fingerprint density at radius 2 is 1.85 bits per heavy atom. The van der Waals surface area contributed by atoms with E-state index in [0.717, 1.165) is 5.56 Å². The van der Waals surface area contributed by atoms with Crippen LogP contribution in [0, 0.1) is 0 Å². The molecule has 3 aromatic rings. The standard InChI is InChI=1S/C24H26N4O4S/c1-24(11-12-24)19-9-7-18(8-10-19)16-28(33(31,32)21-5-3-13-25-14-21)17-20-4-2-6-22(27-20)26-15-23(29)30/h2-10,13-14H,11-12,15-17H2,1H3,(H,26,27)(H,29,30). The molecule has 1 saturated carbocycles. The number of carboxylic acids is 1. The summed E-state index contributed by atoms with van der Waals surface area (Å²) in [7, 11) is -3.85. The van der Waals surface area contributed by atoms with E-state index in [9.17, 15) is 13.2 Å². The average Bonchev–Trinajstić information content (AvgIpc) is 3.57. The lowest BCUT2D eigenvalue weighted by atomic mass is 9.97. The third kappa shape index (κ3) is 5.55. The molecule has 0 amide bonds. The highest BCUT2D eigenvalue weighted by Gasteiger charge is 2.38. The first-order chi connectivity index (χ1) is 15.8. The monoisotopic (exact) mass is 466 g/mol. The summed E-state index contributed by atoms with van der Waals surface area (Å²) in [5.41, 5.74) is 2.88. The van der Waals surface area contributed by atoms with E-state index < -0.39 is 16.0 Å². The molecular formula is C24H26N4O4S. The van der Waals surface area contributed by atoms with E-state index in [0.29, 0.717) is 11.5 Å². The zero-order valence-corrected chi connectivity index (χ0v) is 19.1. The van der Waals surface area contributed by atoms with E-state index in [1.807, 2.05) is 12.1 Å². The number of carbonyl (C=O) groups is 1. The summed E-state index contributed by atoms with van der Waals surface area (Å²) >= 11 is 0. The minimum Gasteiger partial charge on any atom is -0.480 e. The molecule has 4 rings (SSSR count). The fourth-order valence-electron chi connectivity index (χ4n) is 3.58. The fraction of sp³-hybridized carbons (Fsp3) is 0.292. The maximum atomic E-state index is 13.4. The molecule has 1 aliphatic rings. The van der Waals surface area contributed by atoms with Crippen LogP contribution in [0.15, 0.2) is 71.9 Å². The van der Waals surface area contributed by atoms with Gasteiger partial charge < -0.3 is 10.4 Å². The number of hydrogen-bond acceptors (Lipinski definition) is 6. The van der Waals surface area contributed by atoms with Gasteiger partial charge in [0.05, 0.1) is 12.2 Å². The largest absolute Gasteiger partial charge is 0.480 e. The SMILES string of the molecule is CC1(c2ccc(CN(Cc3cccc(NCC(=O)O)n3)S(=O)(=O)c3cccnc3)cc2)CC1. The molecular weight excluding hydrogens is 440 g/mol. The van der Waals surface area contributed by atoms with Crippen molar-refractivity contribution >= 4 is 21.8 Å². The van der Waals surface area contributed by atoms with Crippen LogP contribution in [0.5, 0.6) is 0 Å². The van der Waals surface area contributed by atoms with Crippen molar-refractivity contribution in [1.29, 1.82) is 0 Å². The van der Waals surface area contributed by atoms with Crippen molar-refractivity contribution in [2.75, 3.05) is 11.9 Å². The highest BCUT2D eigenvalue weighted by Crippen LogP contribution is 2.47. The Kier molecular flexibility index (Phi) is 6.44. The number of rotatable bonds is 10. The van der Waals surface area contributed by atoms with Crippen LogP contribution >= 0.6 is 0 Å². The lowest BCUT2D eigenvalue weighted by molar-refractivity contribution is -0.134. The Bertz CT molecular complexity index is 1230. The molecule has 0 saturated heterocycles. The molecule has 9 heteroatoms. The Balaban J connectivity index is 1.60. The zero-order chi connectivity index (χ0) is 23.5. The number of pyridine rings is 2. The normalized spacial score (nSPS) is 14.7. The van der Waals surface area contributed by atoms with Gasteiger partial charge in [-0.15, -0.1) is 0 Å². The second-order valence-corrected chi connectivity index (χ2v) is 10.4. The first kappa shape index (κ1) is 22.9. The molecule has 2 heterocycles. The maximum Gasteiger partial charge on any atom is 0.322 e. The van der Waals surface area contributed by atoms with Gasteiger partial charge in [0, 0.05) is 18.9 Å². The van der Waals surface area contributed by atoms with Crippen molar-refractivity contribution in [2.24, 2.45) is 0 Å². The predicted octanol–water partition coefficient (Wildman–Crippen LogP) is 3.42. The highest BCUT2D eigenvalue weighted by molar-refractivity contribution is 7.89. The second kappa shape index (κ2) is 9.29. The number of sulfonamides is 1. The lowest BCUT2D eigenvalue weighted by Crippen LogP contribution is -2.31. The van der Waals surface area contributed by atoms with Gasteiger partial charge in [-0.3, -0.25) is 9.78 Å². The molecule has 1 aliphatic carbocycles. The summed E-state index contributed by atoms with van der Waals surface area (Å²) in [6.45, 7) is 2.15. The molecule has 8 nitrogen and oxygen atoms in total. The van der Waals surface area contributed by atoms with E-state index in [4.69, 9.17) is 5.11 Å². The van der Waals surface area contributed by atoms with Crippen LogP contribution < -0.4 is 5.32 Å². The average molecular weight is 467 g/mol. The van der Waals surface area contributed by atoms with Gasteiger partial charge in [-0.25, -0.2) is 13.4 Å². The zero-order valence-electron chi connectivity index (χ0n) is 18.3. The van der Waals surface area contributed by atoms with Crippen molar-refractivity contribution in [3.05, 3.63) is 83.8 Å². The number of nitrogens with zero attached hydrogens (tertiary/aromatic N) is 3. The number of aromatic nitrogens is 2. The van der Waals surface area contributed by atoms with Gasteiger partial charge in [0.25, 0.3) is 0 Å². The molecule has 33 heavy (non-hydrogen) atoms. The maximum absolute atomic E-state index is 13.4. The number of hydrogen-bond donors (Lipinski definition) is 2. The summed E-state index contributed by atoms with van der Waals surface area (Å²) in [6.07, 6.45) is 5.20. The first-order valence-corrected chi connectivity index (χ1v) is 12.1. The van der Waals surface area contributed by atoms with E-state index in [-0.39, 0.29) is 29.9 Å². The fourth-order valence-corrected chi connectivity index (χ4v) is 4.94. The van der Waals surface area contributed by atoms with Crippen molar-refractivity contribution in [2.45, 2.75) is 43.2 Å². The van der Waals surface area contributed by atoms with E-state index >= 15 is 0 Å². The Hall–Kier alpha value is -3.30. The summed E-state index contributed by atoms with van der Waals surface area (Å²) in [4.78, 5) is 19.3. The van der Waals surface area contributed by atoms with Gasteiger partial charge in [0.1, 0.15) is 17.3 Å². The minimum absolute atomic E-state index is 0.0271. The number of aliphatic carboxylic acids is 1. The topological polar surface area (TPSA) is 112 Å². The third-order valence-corrected chi connectivity index (χ3v) is 7.62. The Morgan fingerprint density at radius 3 is 2.48 bits per heavy atom. The van der Waals surface area contributed by atoms with Crippen molar-refractivity contribution in [3.8, 4) is 0 Å². The van der Waals surface area contributed by atoms with E-state index in [1.165, 1.54) is 41.2 Å². The number of benzene rings is 1. The van der Waals surface area contributed by atoms with Crippen molar-refractivity contribution in [3.63, 3.8) is 0 Å². The van der Waals surface area contributed by atoms with E-state index in [2.05, 4.69) is 34.3 Å². The summed E-state index contributed by atoms with van der Waals surface area (Å²) in [5, 5.41) is 11.6. The van der Waals surface area contributed by atoms with Crippen LogP contribution in [0.4, 0.5) is 5.82 Å². The van der Waals surface area contributed by atoms with Crippen LogP contribution in [-0.4, -0.2) is 40.3 Å². The Morgan fingerprint density at radius 1 is 1.09 bits per heavy atom. The van der Waals surface area contributed by atoms with Crippen LogP contribution in [0.2, 0.25) is 0 Å². The van der Waals surface area contributed by atoms with Gasteiger partial charge in [-0.2, -0.15) is 4.31 Å². The van der Waals surface area contributed by atoms with Gasteiger partial charge in [-0.1, -0.05) is 37.3 Å². The predicted molar refractivity (Wildman–Crippen MR) is 124 cm³/mol. The molecule has 0 bridgehead atoms. The molecule has 2 aromatic heterocycles. The van der Waals surface area contributed by atoms with Crippen LogP contribution in [-0.2, 0) is 33.3 Å². The van der Waals surface area contributed by atoms with Crippen LogP contribution in [0.3, 0.4) is 0 Å². The molecule has 1 fully saturated rings. The smallest absolute Gasteiger partial charge is 0.322 e. The lowest BCUT2D eigenvalue weighted by Gasteiger charge is -2.22. The molecule has 0 aliphatic heterocycles. The second-order valence-electron chi connectivity index (χ2n) is 8.48. The molecule has 0 spiro atoms. The summed E-state index contributed by atoms with van der Waals surface area (Å²) in [5.74, 6) is -0.637. The van der Waals surface area contributed by atoms with E-state index in [1.54, 1.807) is 24.3 Å². The van der Waals surface area contributed by atoms with Gasteiger partial charge >= 0.3 is 5.97 Å². The number of anilines is 1. The summed E-state index contributed by atoms with van der Waals surface area (Å²) in [6, 6.07) is 16.3. The summed E-state index contributed by atoms with van der Waals surface area (Å²) < 4.78 is 28.2. The highest BCUT2D eigenvalue weighted by atomic mass is 32.2. The first-order valence-electron chi connectivity index (χ1n) is 10.7. The van der Waals surface area contributed by atoms with Gasteiger partial charge in [-0.05, 0) is 53.6 Å². The van der Waals surface area contributed by atoms with Gasteiger partial charge in [0.15, 0.2) is 0 Å². The molecule has 0 atom stereocenters. The minimum atomic E-state index is -3.85. The Labute approximate surface area is 193 Å². The van der Waals surface area contributed by atoms with Crippen molar-refractivity contribution in [1.82, 2.24) is 14.3 Å². The number of nitrogens with one attached hydrogen (secondary N) is 1. The molecule has 0 radical (unpaired) electrons. The molecule has 2 N–H and O–H groups in total. The van der Waals surface area contributed by atoms with Gasteiger partial charge in [0.2, 0.25) is 10.0 Å². The van der Waals surface area contributed by atoms with Crippen LogP contribution in [0.1, 0.15) is 36.6 Å². The molecule has 172 valence electrons. The third-order valence-electron chi connectivity index (χ3n) is 5.85. The number of carboxylic acid groups (broad SMARTS) is 1. The molecule has 1 aromatic carbocycles. The quantitative estimate of drug-likeness (QED) is 0.471.